The van der Waals surface area contributed by atoms with Gasteiger partial charge < -0.3 is 18.6 Å². The van der Waals surface area contributed by atoms with E-state index in [0.717, 1.165) is 101 Å². The second-order valence-electron chi connectivity index (χ2n) is 16.0. The van der Waals surface area contributed by atoms with Crippen LogP contribution in [0, 0.1) is 13.8 Å². The molecule has 0 bridgehead atoms. The Morgan fingerprint density at radius 3 is 1.02 bits per heavy atom. The van der Waals surface area contributed by atoms with E-state index in [-0.39, 0.29) is 0 Å². The van der Waals surface area contributed by atoms with Crippen molar-refractivity contribution in [1.29, 1.82) is 0 Å². The monoisotopic (exact) mass is 801 g/mol. The Morgan fingerprint density at radius 1 is 0.339 bits per heavy atom. The van der Waals surface area contributed by atoms with Crippen LogP contribution >= 0.6 is 0 Å². The fourth-order valence-electron chi connectivity index (χ4n) is 9.65. The maximum atomic E-state index is 6.42. The lowest BCUT2D eigenvalue weighted by Gasteiger charge is -2.20. The van der Waals surface area contributed by atoms with Gasteiger partial charge in [0.05, 0.1) is 59.0 Å². The molecule has 62 heavy (non-hydrogen) atoms. The number of benzene rings is 8. The average molecular weight is 802 g/mol. The van der Waals surface area contributed by atoms with E-state index in [9.17, 15) is 0 Å². The molecule has 8 aromatic carbocycles. The van der Waals surface area contributed by atoms with E-state index >= 15 is 0 Å². The lowest BCUT2D eigenvalue weighted by Crippen LogP contribution is -2.02. The molecule has 0 aliphatic rings. The molecule has 0 radical (unpaired) electrons. The lowest BCUT2D eigenvalue weighted by molar-refractivity contribution is 0.415. The van der Waals surface area contributed by atoms with Gasteiger partial charge in [-0.2, -0.15) is 0 Å². The Labute approximate surface area is 360 Å². The molecule has 298 valence electrons. The molecule has 0 saturated carbocycles. The van der Waals surface area contributed by atoms with Gasteiger partial charge >= 0.3 is 0 Å². The molecule has 3 aromatic heterocycles. The number of fused-ring (bicyclic) bond motifs is 6. The Morgan fingerprint density at radius 2 is 0.661 bits per heavy atom. The van der Waals surface area contributed by atoms with Crippen LogP contribution < -0.4 is 9.47 Å². The maximum absolute atomic E-state index is 6.42. The number of nitrogens with zero attached hydrogens (tertiary/aromatic N) is 3. The van der Waals surface area contributed by atoms with Crippen molar-refractivity contribution >= 4 is 43.6 Å². The van der Waals surface area contributed by atoms with Crippen molar-refractivity contribution in [2.75, 3.05) is 14.2 Å². The number of methoxy groups -OCH3 is 2. The third-order valence-corrected chi connectivity index (χ3v) is 12.2. The number of aromatic nitrogens is 3. The van der Waals surface area contributed by atoms with Crippen LogP contribution in [0.25, 0.3) is 99.8 Å². The molecule has 0 aliphatic carbocycles. The molecule has 11 rings (SSSR count). The van der Waals surface area contributed by atoms with Gasteiger partial charge in [-0.1, -0.05) is 127 Å². The fourth-order valence-corrected chi connectivity index (χ4v) is 9.65. The molecule has 11 aromatic rings. The summed E-state index contributed by atoms with van der Waals surface area (Å²) in [5, 5.41) is 4.84. The number of rotatable bonds is 8. The third kappa shape index (κ3) is 5.88. The summed E-state index contributed by atoms with van der Waals surface area (Å²) in [6.45, 7) is 4.32. The van der Waals surface area contributed by atoms with Crippen molar-refractivity contribution in [2.45, 2.75) is 13.8 Å². The highest BCUT2D eigenvalue weighted by Gasteiger charge is 2.23. The normalized spacial score (nSPS) is 11.5. The molecule has 0 unspecified atom stereocenters. The van der Waals surface area contributed by atoms with Crippen molar-refractivity contribution < 1.29 is 9.47 Å². The van der Waals surface area contributed by atoms with E-state index in [1.807, 2.05) is 0 Å². The van der Waals surface area contributed by atoms with E-state index in [2.05, 4.69) is 211 Å². The molecule has 0 spiro atoms. The van der Waals surface area contributed by atoms with Crippen LogP contribution in [0.5, 0.6) is 11.5 Å². The van der Waals surface area contributed by atoms with Crippen molar-refractivity contribution in [2.24, 2.45) is 0 Å². The number of hydrogen-bond acceptors (Lipinski definition) is 3. The molecular formula is C57H43N3O2. The van der Waals surface area contributed by atoms with E-state index in [1.54, 1.807) is 14.2 Å². The number of ether oxygens (including phenoxy) is 2. The van der Waals surface area contributed by atoms with Gasteiger partial charge in [-0.15, -0.1) is 0 Å². The van der Waals surface area contributed by atoms with Crippen LogP contribution in [-0.2, 0) is 0 Å². The third-order valence-electron chi connectivity index (χ3n) is 12.2. The molecule has 0 saturated heterocycles. The second-order valence-corrected chi connectivity index (χ2v) is 16.0. The summed E-state index contributed by atoms with van der Waals surface area (Å²) < 4.78 is 17.5. The summed E-state index contributed by atoms with van der Waals surface area (Å²) in [7, 11) is 3.55. The van der Waals surface area contributed by atoms with Crippen LogP contribution in [0.15, 0.2) is 188 Å². The number of para-hydroxylation sites is 4. The molecule has 3 heterocycles. The van der Waals surface area contributed by atoms with E-state index < -0.39 is 0 Å². The van der Waals surface area contributed by atoms with Gasteiger partial charge in [0.25, 0.3) is 0 Å². The van der Waals surface area contributed by atoms with Gasteiger partial charge in [0.1, 0.15) is 0 Å². The summed E-state index contributed by atoms with van der Waals surface area (Å²) in [6, 6.07) is 66.7. The number of pyridine rings is 1. The van der Waals surface area contributed by atoms with E-state index in [1.165, 1.54) is 21.5 Å². The van der Waals surface area contributed by atoms with Crippen molar-refractivity contribution in [3.05, 3.63) is 199 Å². The van der Waals surface area contributed by atoms with Gasteiger partial charge in [-0.25, -0.2) is 4.98 Å². The highest BCUT2D eigenvalue weighted by Crippen LogP contribution is 2.46. The zero-order chi connectivity index (χ0) is 41.9. The van der Waals surface area contributed by atoms with Gasteiger partial charge in [0.2, 0.25) is 0 Å². The Balaban J connectivity index is 1.06. The zero-order valence-corrected chi connectivity index (χ0v) is 35.1. The molecule has 5 nitrogen and oxygen atoms in total. The van der Waals surface area contributed by atoms with Crippen LogP contribution in [0.2, 0.25) is 0 Å². The van der Waals surface area contributed by atoms with Crippen LogP contribution in [0.1, 0.15) is 11.1 Å². The first kappa shape index (κ1) is 37.1. The van der Waals surface area contributed by atoms with Crippen LogP contribution in [-0.4, -0.2) is 28.3 Å². The predicted octanol–water partition coefficient (Wildman–Crippen LogP) is 14.6. The first-order chi connectivity index (χ1) is 30.5. The smallest absolute Gasteiger partial charge is 0.150 e. The molecule has 0 atom stereocenters. The summed E-state index contributed by atoms with van der Waals surface area (Å²) in [6.07, 6.45) is 0. The molecular weight excluding hydrogens is 759 g/mol. The van der Waals surface area contributed by atoms with Gasteiger partial charge in [-0.05, 0) is 96.8 Å². The lowest BCUT2D eigenvalue weighted by atomic mass is 9.93. The van der Waals surface area contributed by atoms with Gasteiger partial charge in [-0.3, -0.25) is 0 Å². The minimum atomic E-state index is 0.807. The molecule has 0 amide bonds. The summed E-state index contributed by atoms with van der Waals surface area (Å²) in [4.78, 5) is 5.46. The number of hydrogen-bond donors (Lipinski definition) is 0. The first-order valence-electron chi connectivity index (χ1n) is 21.0. The fraction of sp³-hybridized carbons (Fsp3) is 0.0702. The topological polar surface area (TPSA) is 41.2 Å². The molecule has 0 aliphatic heterocycles. The largest absolute Gasteiger partial charge is 0.494 e. The van der Waals surface area contributed by atoms with Gasteiger partial charge in [0, 0.05) is 43.8 Å². The minimum absolute atomic E-state index is 0.807. The van der Waals surface area contributed by atoms with Crippen molar-refractivity contribution in [1.82, 2.24) is 14.1 Å². The highest BCUT2D eigenvalue weighted by atomic mass is 16.5. The Bertz CT molecular complexity index is 3200. The minimum Gasteiger partial charge on any atom is -0.494 e. The van der Waals surface area contributed by atoms with Crippen LogP contribution in [0.4, 0.5) is 0 Å². The van der Waals surface area contributed by atoms with Crippen molar-refractivity contribution in [3.8, 4) is 67.6 Å². The quantitative estimate of drug-likeness (QED) is 0.154. The standard InChI is InChI=1S/C57H43N3O2/c1-36-32-46(56(61-3)54(34-36)59-50-28-13-9-22-42(50)43-23-10-14-29-51(43)59)38-18-5-7-20-40(38)48-26-17-27-49(58-48)41-21-8-6-19-39(41)47-33-37(2)35-55(57(47)62-4)60-52-30-15-11-24-44(52)45-25-12-16-31-53(45)60/h5-35H,1-4H3. The Hall–Kier alpha value is -7.89. The predicted molar refractivity (Wildman–Crippen MR) is 257 cm³/mol. The molecule has 0 fully saturated rings. The summed E-state index contributed by atoms with van der Waals surface area (Å²) in [5.74, 6) is 1.61. The average Bonchev–Trinajstić information content (AvgIpc) is 3.84. The SMILES string of the molecule is COc1c(-c2ccccc2-c2cccc(-c3ccccc3-c3cc(C)cc(-n4c5ccccc5c5ccccc54)c3OC)n2)cc(C)cc1-n1c2ccccc2c2ccccc21. The Kier molecular flexibility index (Phi) is 8.97. The molecule has 0 N–H and O–H groups in total. The van der Waals surface area contributed by atoms with Gasteiger partial charge in [0.15, 0.2) is 11.5 Å². The molecule has 5 heteroatoms. The van der Waals surface area contributed by atoms with Crippen molar-refractivity contribution in [3.63, 3.8) is 0 Å². The number of aryl methyl sites for hydroxylation is 2. The van der Waals surface area contributed by atoms with E-state index in [4.69, 9.17) is 14.5 Å². The maximum Gasteiger partial charge on any atom is 0.150 e. The summed E-state index contributed by atoms with van der Waals surface area (Å²) in [5.41, 5.74) is 16.7. The highest BCUT2D eigenvalue weighted by molar-refractivity contribution is 6.11. The van der Waals surface area contributed by atoms with Crippen LogP contribution in [0.3, 0.4) is 0 Å². The zero-order valence-electron chi connectivity index (χ0n) is 35.1. The summed E-state index contributed by atoms with van der Waals surface area (Å²) >= 11 is 0. The second kappa shape index (κ2) is 15.0. The van der Waals surface area contributed by atoms with E-state index in [0.29, 0.717) is 0 Å². The first-order valence-corrected chi connectivity index (χ1v) is 21.0.